The summed E-state index contributed by atoms with van der Waals surface area (Å²) in [6.07, 6.45) is 0. The van der Waals surface area contributed by atoms with Crippen molar-refractivity contribution >= 4 is 50.7 Å². The van der Waals surface area contributed by atoms with Gasteiger partial charge in [0.2, 0.25) is 5.91 Å². The number of benzene rings is 3. The maximum atomic E-state index is 13.7. The topological polar surface area (TPSA) is 119 Å². The maximum absolute atomic E-state index is 13.7. The first-order valence-corrected chi connectivity index (χ1v) is 14.5. The molecule has 38 heavy (non-hydrogen) atoms. The van der Waals surface area contributed by atoms with Crippen LogP contribution >= 0.6 is 23.4 Å². The largest absolute Gasteiger partial charge is 0.495 e. The summed E-state index contributed by atoms with van der Waals surface area (Å²) < 4.78 is 33.6. The number of hydrogen-bond donors (Lipinski definition) is 1. The lowest BCUT2D eigenvalue weighted by atomic mass is 10.2. The van der Waals surface area contributed by atoms with Gasteiger partial charge in [-0.05, 0) is 43.7 Å². The first-order chi connectivity index (χ1) is 18.0. The lowest BCUT2D eigenvalue weighted by Gasteiger charge is -2.26. The minimum Gasteiger partial charge on any atom is -0.495 e. The van der Waals surface area contributed by atoms with Crippen LogP contribution in [0.3, 0.4) is 0 Å². The molecule has 0 saturated carbocycles. The summed E-state index contributed by atoms with van der Waals surface area (Å²) in [5.41, 5.74) is 2.35. The van der Waals surface area contributed by atoms with Crippen molar-refractivity contribution in [2.45, 2.75) is 24.5 Å². The number of nitro groups is 1. The number of nitrogens with zero attached hydrogens (tertiary/aromatic N) is 2. The van der Waals surface area contributed by atoms with Crippen molar-refractivity contribution in [3.8, 4) is 5.75 Å². The molecular formula is C26H28ClN3O6S2. The Hall–Kier alpha value is -3.28. The predicted molar refractivity (Wildman–Crippen MR) is 151 cm³/mol. The van der Waals surface area contributed by atoms with E-state index in [1.54, 1.807) is 11.8 Å². The summed E-state index contributed by atoms with van der Waals surface area (Å²) in [6, 6.07) is 16.1. The van der Waals surface area contributed by atoms with Gasteiger partial charge in [-0.3, -0.25) is 19.2 Å². The van der Waals surface area contributed by atoms with E-state index in [9.17, 15) is 23.3 Å². The average Bonchev–Trinajstić information content (AvgIpc) is 2.87. The number of ether oxygens (including phenoxy) is 1. The summed E-state index contributed by atoms with van der Waals surface area (Å²) >= 11 is 7.79. The molecule has 0 aliphatic carbocycles. The van der Waals surface area contributed by atoms with Crippen LogP contribution < -0.4 is 14.4 Å². The molecule has 12 heteroatoms. The molecule has 0 aromatic heterocycles. The molecule has 0 saturated heterocycles. The van der Waals surface area contributed by atoms with E-state index in [4.69, 9.17) is 16.3 Å². The summed E-state index contributed by atoms with van der Waals surface area (Å²) in [4.78, 5) is 23.3. The fourth-order valence-electron chi connectivity index (χ4n) is 3.67. The van der Waals surface area contributed by atoms with Gasteiger partial charge in [0.05, 0.1) is 22.6 Å². The molecule has 0 spiro atoms. The quantitative estimate of drug-likeness (QED) is 0.180. The lowest BCUT2D eigenvalue weighted by molar-refractivity contribution is -0.385. The van der Waals surface area contributed by atoms with Gasteiger partial charge < -0.3 is 10.1 Å². The first-order valence-electron chi connectivity index (χ1n) is 11.5. The molecule has 3 rings (SSSR count). The van der Waals surface area contributed by atoms with Crippen LogP contribution in [-0.4, -0.2) is 45.2 Å². The molecule has 0 heterocycles. The average molecular weight is 578 g/mol. The molecule has 9 nitrogen and oxygen atoms in total. The molecule has 0 radical (unpaired) electrons. The monoisotopic (exact) mass is 577 g/mol. The Bertz CT molecular complexity index is 1430. The normalized spacial score (nSPS) is 11.2. The Morgan fingerprint density at radius 3 is 2.58 bits per heavy atom. The molecule has 202 valence electrons. The van der Waals surface area contributed by atoms with Crippen molar-refractivity contribution in [1.82, 2.24) is 5.32 Å². The highest BCUT2D eigenvalue weighted by atomic mass is 35.5. The van der Waals surface area contributed by atoms with Gasteiger partial charge in [-0.2, -0.15) is 11.8 Å². The third-order valence-corrected chi connectivity index (χ3v) is 8.60. The van der Waals surface area contributed by atoms with Gasteiger partial charge in [-0.1, -0.05) is 47.5 Å². The Morgan fingerprint density at radius 1 is 1.13 bits per heavy atom. The third-order valence-electron chi connectivity index (χ3n) is 5.58. The molecule has 0 bridgehead atoms. The Kier molecular flexibility index (Phi) is 10.0. The van der Waals surface area contributed by atoms with Crippen molar-refractivity contribution in [2.75, 3.05) is 30.3 Å². The molecular weight excluding hydrogens is 550 g/mol. The van der Waals surface area contributed by atoms with Crippen LogP contribution in [0.25, 0.3) is 0 Å². The molecule has 0 aliphatic rings. The highest BCUT2D eigenvalue weighted by molar-refractivity contribution is 7.98. The number of nitro benzene ring substituents is 1. The second-order valence-corrected chi connectivity index (χ2v) is 11.8. The van der Waals surface area contributed by atoms with Crippen LogP contribution in [0, 0.1) is 24.0 Å². The fourth-order valence-corrected chi connectivity index (χ4v) is 6.09. The van der Waals surface area contributed by atoms with Crippen molar-refractivity contribution < 1.29 is 22.9 Å². The van der Waals surface area contributed by atoms with Crippen LogP contribution in [-0.2, 0) is 20.6 Å². The molecule has 3 aromatic rings. The highest BCUT2D eigenvalue weighted by Crippen LogP contribution is 2.35. The van der Waals surface area contributed by atoms with Gasteiger partial charge >= 0.3 is 0 Å². The van der Waals surface area contributed by atoms with Gasteiger partial charge in [0.1, 0.15) is 12.3 Å². The number of hydrogen-bond acceptors (Lipinski definition) is 7. The molecule has 0 fully saturated rings. The fraction of sp³-hybridized carbons (Fsp3) is 0.269. The number of carbonyl (C=O) groups is 1. The van der Waals surface area contributed by atoms with Gasteiger partial charge in [-0.25, -0.2) is 8.42 Å². The molecule has 1 N–H and O–H groups in total. The summed E-state index contributed by atoms with van der Waals surface area (Å²) in [5, 5.41) is 14.4. The van der Waals surface area contributed by atoms with Gasteiger partial charge in [0, 0.05) is 34.7 Å². The van der Waals surface area contributed by atoms with Crippen LogP contribution in [0.4, 0.5) is 11.4 Å². The smallest absolute Gasteiger partial charge is 0.273 e. The minimum atomic E-state index is -4.42. The van der Waals surface area contributed by atoms with Gasteiger partial charge in [0.15, 0.2) is 0 Å². The van der Waals surface area contributed by atoms with E-state index in [1.165, 1.54) is 55.5 Å². The number of aryl methyl sites for hydroxylation is 2. The summed E-state index contributed by atoms with van der Waals surface area (Å²) in [7, 11) is -3.06. The molecule has 0 aliphatic heterocycles. The van der Waals surface area contributed by atoms with E-state index in [1.807, 2.05) is 25.1 Å². The van der Waals surface area contributed by atoms with Crippen LogP contribution in [0.1, 0.15) is 16.7 Å². The first kappa shape index (κ1) is 29.3. The summed E-state index contributed by atoms with van der Waals surface area (Å²) in [6.45, 7) is 3.28. The standard InChI is InChI=1S/C26H28ClN3O6S2/c1-18-5-4-6-20(13-18)17-37-12-11-28-26(31)16-29(24-14-21(27)8-10-25(24)36-3)38(34,35)22-9-7-19(2)23(15-22)30(32)33/h4-10,13-15H,11-12,16-17H2,1-3H3,(H,28,31). The number of nitrogens with one attached hydrogen (secondary N) is 1. The van der Waals surface area contributed by atoms with Crippen molar-refractivity contribution in [3.05, 3.63) is 92.5 Å². The Balaban J connectivity index is 1.81. The maximum Gasteiger partial charge on any atom is 0.273 e. The van der Waals surface area contributed by atoms with Gasteiger partial charge in [-0.15, -0.1) is 0 Å². The lowest BCUT2D eigenvalue weighted by Crippen LogP contribution is -2.41. The number of rotatable bonds is 12. The van der Waals surface area contributed by atoms with Crippen LogP contribution in [0.2, 0.25) is 5.02 Å². The number of sulfonamides is 1. The number of carbonyl (C=O) groups excluding carboxylic acids is 1. The number of methoxy groups -OCH3 is 1. The second kappa shape index (κ2) is 13.0. The second-order valence-electron chi connectivity index (χ2n) is 8.42. The Labute approximate surface area is 231 Å². The molecule has 1 amide bonds. The van der Waals surface area contributed by atoms with E-state index in [2.05, 4.69) is 11.4 Å². The molecule has 0 atom stereocenters. The summed E-state index contributed by atoms with van der Waals surface area (Å²) in [5.74, 6) is 1.02. The van der Waals surface area contributed by atoms with Crippen LogP contribution in [0.15, 0.2) is 65.6 Å². The van der Waals surface area contributed by atoms with Crippen molar-refractivity contribution in [2.24, 2.45) is 0 Å². The van der Waals surface area contributed by atoms with E-state index in [-0.39, 0.29) is 27.0 Å². The van der Waals surface area contributed by atoms with E-state index in [0.717, 1.165) is 16.1 Å². The number of anilines is 1. The van der Waals surface area contributed by atoms with E-state index in [0.29, 0.717) is 17.9 Å². The van der Waals surface area contributed by atoms with Crippen molar-refractivity contribution in [1.29, 1.82) is 0 Å². The minimum absolute atomic E-state index is 0.0344. The van der Waals surface area contributed by atoms with Gasteiger partial charge in [0.25, 0.3) is 15.7 Å². The SMILES string of the molecule is COc1ccc(Cl)cc1N(CC(=O)NCCSCc1cccc(C)c1)S(=O)(=O)c1ccc(C)c([N+](=O)[O-])c1. The number of halogens is 1. The third kappa shape index (κ3) is 7.40. The molecule has 3 aromatic carbocycles. The Morgan fingerprint density at radius 2 is 1.89 bits per heavy atom. The van der Waals surface area contributed by atoms with Crippen molar-refractivity contribution in [3.63, 3.8) is 0 Å². The van der Waals surface area contributed by atoms with Crippen LogP contribution in [0.5, 0.6) is 5.75 Å². The van der Waals surface area contributed by atoms with E-state index >= 15 is 0 Å². The highest BCUT2D eigenvalue weighted by Gasteiger charge is 2.31. The zero-order chi connectivity index (χ0) is 27.9. The molecule has 0 unspecified atom stereocenters. The zero-order valence-corrected chi connectivity index (χ0v) is 23.5. The van der Waals surface area contributed by atoms with E-state index < -0.39 is 27.4 Å². The number of amides is 1. The predicted octanol–water partition coefficient (Wildman–Crippen LogP) is 5.12. The zero-order valence-electron chi connectivity index (χ0n) is 21.1. The number of thioether (sulfide) groups is 1.